The van der Waals surface area contributed by atoms with Gasteiger partial charge in [-0.2, -0.15) is 0 Å². The highest BCUT2D eigenvalue weighted by molar-refractivity contribution is 6.31. The van der Waals surface area contributed by atoms with Crippen LogP contribution in [0.3, 0.4) is 0 Å². The van der Waals surface area contributed by atoms with Gasteiger partial charge in [0.15, 0.2) is 0 Å². The van der Waals surface area contributed by atoms with Gasteiger partial charge in [0, 0.05) is 5.02 Å². The molecule has 82 valence electrons. The fourth-order valence-corrected chi connectivity index (χ4v) is 2.11. The molecule has 0 heterocycles. The van der Waals surface area contributed by atoms with E-state index in [9.17, 15) is 0 Å². The number of rotatable bonds is 3. The van der Waals surface area contributed by atoms with Crippen molar-refractivity contribution in [2.45, 2.75) is 39.4 Å². The molecule has 1 aromatic carbocycles. The molecule has 1 aliphatic carbocycles. The first kappa shape index (κ1) is 11.0. The monoisotopic (exact) mass is 224 g/mol. The maximum atomic E-state index is 6.04. The van der Waals surface area contributed by atoms with Crippen LogP contribution in [-0.2, 0) is 11.3 Å². The standard InChI is InChI=1S/C13H17ClO/c1-9-5-12(6-9)15-8-11-4-3-10(2)13(14)7-11/h3-4,7,9,12H,5-6,8H2,1-2H3. The number of hydrogen-bond acceptors (Lipinski definition) is 1. The minimum Gasteiger partial charge on any atom is -0.374 e. The Balaban J connectivity index is 1.86. The number of halogens is 1. The first-order chi connectivity index (χ1) is 7.15. The molecular weight excluding hydrogens is 208 g/mol. The van der Waals surface area contributed by atoms with Crippen LogP contribution in [0.4, 0.5) is 0 Å². The third kappa shape index (κ3) is 2.73. The van der Waals surface area contributed by atoms with Crippen molar-refractivity contribution in [3.05, 3.63) is 34.3 Å². The summed E-state index contributed by atoms with van der Waals surface area (Å²) in [7, 11) is 0. The van der Waals surface area contributed by atoms with E-state index >= 15 is 0 Å². The molecule has 0 unspecified atom stereocenters. The van der Waals surface area contributed by atoms with Gasteiger partial charge in [-0.05, 0) is 42.9 Å². The third-order valence-corrected chi connectivity index (χ3v) is 3.46. The first-order valence-electron chi connectivity index (χ1n) is 5.52. The SMILES string of the molecule is Cc1ccc(COC2CC(C)C2)cc1Cl. The smallest absolute Gasteiger partial charge is 0.0721 e. The molecule has 0 bridgehead atoms. The molecule has 15 heavy (non-hydrogen) atoms. The van der Waals surface area contributed by atoms with Crippen LogP contribution in [0.1, 0.15) is 30.9 Å². The normalized spacial score (nSPS) is 25.0. The summed E-state index contributed by atoms with van der Waals surface area (Å²) in [4.78, 5) is 0. The molecule has 2 heteroatoms. The highest BCUT2D eigenvalue weighted by Crippen LogP contribution is 2.30. The lowest BCUT2D eigenvalue weighted by atomic mass is 9.84. The van der Waals surface area contributed by atoms with Gasteiger partial charge < -0.3 is 4.74 Å². The minimum absolute atomic E-state index is 0.472. The van der Waals surface area contributed by atoms with Crippen molar-refractivity contribution in [1.82, 2.24) is 0 Å². The Labute approximate surface area is 96.4 Å². The Morgan fingerprint density at radius 1 is 1.40 bits per heavy atom. The lowest BCUT2D eigenvalue weighted by molar-refractivity contribution is -0.0352. The fourth-order valence-electron chi connectivity index (χ4n) is 1.90. The van der Waals surface area contributed by atoms with E-state index in [1.807, 2.05) is 19.1 Å². The van der Waals surface area contributed by atoms with Crippen molar-refractivity contribution in [1.29, 1.82) is 0 Å². The highest BCUT2D eigenvalue weighted by atomic mass is 35.5. The highest BCUT2D eigenvalue weighted by Gasteiger charge is 2.25. The average Bonchev–Trinajstić information content (AvgIpc) is 2.16. The number of benzene rings is 1. The molecule has 1 aromatic rings. The Morgan fingerprint density at radius 2 is 2.13 bits per heavy atom. The van der Waals surface area contributed by atoms with Crippen LogP contribution >= 0.6 is 11.6 Å². The van der Waals surface area contributed by atoms with Crippen molar-refractivity contribution in [2.24, 2.45) is 5.92 Å². The zero-order chi connectivity index (χ0) is 10.8. The first-order valence-corrected chi connectivity index (χ1v) is 5.89. The second-order valence-electron chi connectivity index (χ2n) is 4.59. The topological polar surface area (TPSA) is 9.23 Å². The Bertz CT molecular complexity index is 342. The molecule has 1 nitrogen and oxygen atoms in total. The largest absolute Gasteiger partial charge is 0.374 e. The van der Waals surface area contributed by atoms with Crippen LogP contribution in [0.5, 0.6) is 0 Å². The molecule has 1 aliphatic rings. The molecule has 0 spiro atoms. The summed E-state index contributed by atoms with van der Waals surface area (Å²) < 4.78 is 5.77. The van der Waals surface area contributed by atoms with Gasteiger partial charge in [0.2, 0.25) is 0 Å². The van der Waals surface area contributed by atoms with E-state index in [1.165, 1.54) is 18.4 Å². The Hall–Kier alpha value is -0.530. The Morgan fingerprint density at radius 3 is 2.73 bits per heavy atom. The number of aryl methyl sites for hydroxylation is 1. The van der Waals surface area contributed by atoms with Crippen molar-refractivity contribution in [3.8, 4) is 0 Å². The quantitative estimate of drug-likeness (QED) is 0.755. The van der Waals surface area contributed by atoms with Gasteiger partial charge in [0.05, 0.1) is 12.7 Å². The predicted molar refractivity (Wildman–Crippen MR) is 63.2 cm³/mol. The summed E-state index contributed by atoms with van der Waals surface area (Å²) in [6, 6.07) is 6.13. The van der Waals surface area contributed by atoms with Crippen LogP contribution in [0, 0.1) is 12.8 Å². The summed E-state index contributed by atoms with van der Waals surface area (Å²) in [5, 5.41) is 0.832. The molecule has 0 aromatic heterocycles. The third-order valence-electron chi connectivity index (χ3n) is 3.05. The zero-order valence-electron chi connectivity index (χ0n) is 9.29. The number of hydrogen-bond donors (Lipinski definition) is 0. The van der Waals surface area contributed by atoms with E-state index in [0.29, 0.717) is 12.7 Å². The van der Waals surface area contributed by atoms with Gasteiger partial charge in [-0.1, -0.05) is 30.7 Å². The fraction of sp³-hybridized carbons (Fsp3) is 0.538. The molecule has 0 radical (unpaired) electrons. The van der Waals surface area contributed by atoms with Crippen LogP contribution in [0.25, 0.3) is 0 Å². The Kier molecular flexibility index (Phi) is 3.32. The van der Waals surface area contributed by atoms with Crippen LogP contribution in [0.15, 0.2) is 18.2 Å². The molecule has 1 saturated carbocycles. The van der Waals surface area contributed by atoms with Crippen LogP contribution in [0.2, 0.25) is 5.02 Å². The summed E-state index contributed by atoms with van der Waals surface area (Å²) in [5.41, 5.74) is 2.29. The average molecular weight is 225 g/mol. The molecule has 0 amide bonds. The van der Waals surface area contributed by atoms with Gasteiger partial charge in [-0.25, -0.2) is 0 Å². The molecule has 2 rings (SSSR count). The summed E-state index contributed by atoms with van der Waals surface area (Å²) in [5.74, 6) is 0.844. The van der Waals surface area contributed by atoms with Gasteiger partial charge in [0.25, 0.3) is 0 Å². The number of ether oxygens (including phenoxy) is 1. The van der Waals surface area contributed by atoms with Gasteiger partial charge in [-0.15, -0.1) is 0 Å². The lowest BCUT2D eigenvalue weighted by Gasteiger charge is -2.32. The molecule has 1 fully saturated rings. The van der Waals surface area contributed by atoms with Crippen molar-refractivity contribution < 1.29 is 4.74 Å². The molecule has 0 aliphatic heterocycles. The van der Waals surface area contributed by atoms with E-state index in [4.69, 9.17) is 16.3 Å². The van der Waals surface area contributed by atoms with E-state index in [2.05, 4.69) is 13.0 Å². The van der Waals surface area contributed by atoms with Crippen molar-refractivity contribution in [2.75, 3.05) is 0 Å². The van der Waals surface area contributed by atoms with Crippen molar-refractivity contribution in [3.63, 3.8) is 0 Å². The molecule has 0 N–H and O–H groups in total. The molecular formula is C13H17ClO. The second-order valence-corrected chi connectivity index (χ2v) is 5.00. The minimum atomic E-state index is 0.472. The summed E-state index contributed by atoms with van der Waals surface area (Å²) in [6.45, 7) is 4.97. The van der Waals surface area contributed by atoms with Crippen LogP contribution in [-0.4, -0.2) is 6.10 Å². The lowest BCUT2D eigenvalue weighted by Crippen LogP contribution is -2.29. The van der Waals surface area contributed by atoms with E-state index in [0.717, 1.165) is 16.5 Å². The predicted octanol–water partition coefficient (Wildman–Crippen LogP) is 3.96. The van der Waals surface area contributed by atoms with Gasteiger partial charge >= 0.3 is 0 Å². The van der Waals surface area contributed by atoms with E-state index in [-0.39, 0.29) is 0 Å². The van der Waals surface area contributed by atoms with Crippen molar-refractivity contribution >= 4 is 11.6 Å². The van der Waals surface area contributed by atoms with E-state index < -0.39 is 0 Å². The van der Waals surface area contributed by atoms with Crippen LogP contribution < -0.4 is 0 Å². The van der Waals surface area contributed by atoms with Gasteiger partial charge in [-0.3, -0.25) is 0 Å². The van der Waals surface area contributed by atoms with Gasteiger partial charge in [0.1, 0.15) is 0 Å². The summed E-state index contributed by atoms with van der Waals surface area (Å²) >= 11 is 6.04. The zero-order valence-corrected chi connectivity index (χ0v) is 10.1. The van der Waals surface area contributed by atoms with E-state index in [1.54, 1.807) is 0 Å². The molecule has 0 saturated heterocycles. The molecule has 0 atom stereocenters. The maximum absolute atomic E-state index is 6.04. The summed E-state index contributed by atoms with van der Waals surface area (Å²) in [6.07, 6.45) is 2.89. The maximum Gasteiger partial charge on any atom is 0.0721 e. The second kappa shape index (κ2) is 4.54.